The summed E-state index contributed by atoms with van der Waals surface area (Å²) in [5.74, 6) is -1.63. The second-order valence-corrected chi connectivity index (χ2v) is 7.22. The molecule has 29 heavy (non-hydrogen) atoms. The van der Waals surface area contributed by atoms with Crippen molar-refractivity contribution in [2.24, 2.45) is 0 Å². The number of nitrogens with one attached hydrogen (secondary N) is 3. The standard InChI is InChI=1S/C21H24FN3O4/c1-21(2,3)29-20(28)24-13-18(26)25-17-11-7-4-8-14(17)12-23-19(27)15-9-5-6-10-16(15)22/h4-11H,12-13H2,1-3H3,(H,23,27)(H,24,28)(H,25,26). The molecule has 0 saturated carbocycles. The fraction of sp³-hybridized carbons (Fsp3) is 0.286. The van der Waals surface area contributed by atoms with E-state index in [0.717, 1.165) is 0 Å². The summed E-state index contributed by atoms with van der Waals surface area (Å²) in [7, 11) is 0. The van der Waals surface area contributed by atoms with Crippen LogP contribution in [-0.4, -0.2) is 30.1 Å². The number of ether oxygens (including phenoxy) is 1. The topological polar surface area (TPSA) is 96.5 Å². The van der Waals surface area contributed by atoms with E-state index in [1.165, 1.54) is 18.2 Å². The highest BCUT2D eigenvalue weighted by Crippen LogP contribution is 2.15. The van der Waals surface area contributed by atoms with Gasteiger partial charge in [0.05, 0.1) is 5.56 Å². The largest absolute Gasteiger partial charge is 0.444 e. The van der Waals surface area contributed by atoms with Crippen molar-refractivity contribution < 1.29 is 23.5 Å². The van der Waals surface area contributed by atoms with Gasteiger partial charge < -0.3 is 20.7 Å². The predicted octanol–water partition coefficient (Wildman–Crippen LogP) is 3.22. The fourth-order valence-electron chi connectivity index (χ4n) is 2.37. The third-order valence-electron chi connectivity index (χ3n) is 3.64. The van der Waals surface area contributed by atoms with Crippen LogP contribution < -0.4 is 16.0 Å². The van der Waals surface area contributed by atoms with Crippen molar-refractivity contribution in [1.82, 2.24) is 10.6 Å². The number of carbonyl (C=O) groups excluding carboxylic acids is 3. The van der Waals surface area contributed by atoms with Gasteiger partial charge in [0.15, 0.2) is 0 Å². The Balaban J connectivity index is 1.93. The van der Waals surface area contributed by atoms with Gasteiger partial charge in [0.1, 0.15) is 18.0 Å². The molecule has 0 atom stereocenters. The van der Waals surface area contributed by atoms with Crippen molar-refractivity contribution in [3.05, 3.63) is 65.5 Å². The molecule has 0 saturated heterocycles. The first kappa shape index (κ1) is 21.9. The van der Waals surface area contributed by atoms with Crippen molar-refractivity contribution in [1.29, 1.82) is 0 Å². The van der Waals surface area contributed by atoms with Crippen molar-refractivity contribution in [2.45, 2.75) is 32.9 Å². The molecular weight excluding hydrogens is 377 g/mol. The van der Waals surface area contributed by atoms with Crippen LogP contribution in [-0.2, 0) is 16.1 Å². The molecule has 2 aromatic rings. The number of halogens is 1. The average Bonchev–Trinajstić information content (AvgIpc) is 2.64. The number of carbonyl (C=O) groups is 3. The molecule has 0 aliphatic rings. The SMILES string of the molecule is CC(C)(C)OC(=O)NCC(=O)Nc1ccccc1CNC(=O)c1ccccc1F. The van der Waals surface area contributed by atoms with Crippen LogP contribution in [0.4, 0.5) is 14.9 Å². The molecule has 0 aliphatic carbocycles. The van der Waals surface area contributed by atoms with Gasteiger partial charge in [-0.05, 0) is 44.5 Å². The van der Waals surface area contributed by atoms with Crippen molar-refractivity contribution in [3.63, 3.8) is 0 Å². The monoisotopic (exact) mass is 401 g/mol. The Kier molecular flexibility index (Phi) is 7.30. The zero-order valence-corrected chi connectivity index (χ0v) is 16.5. The molecule has 154 valence electrons. The number of para-hydroxylation sites is 1. The Morgan fingerprint density at radius 2 is 1.62 bits per heavy atom. The Labute approximate surface area is 168 Å². The van der Waals surface area contributed by atoms with E-state index >= 15 is 0 Å². The van der Waals surface area contributed by atoms with E-state index in [1.807, 2.05) is 0 Å². The first-order chi connectivity index (χ1) is 13.7. The number of benzene rings is 2. The molecule has 0 spiro atoms. The lowest BCUT2D eigenvalue weighted by atomic mass is 10.1. The van der Waals surface area contributed by atoms with Crippen molar-refractivity contribution in [2.75, 3.05) is 11.9 Å². The molecule has 0 heterocycles. The number of alkyl carbamates (subject to hydrolysis) is 1. The molecule has 3 amide bonds. The predicted molar refractivity (Wildman–Crippen MR) is 107 cm³/mol. The molecule has 0 unspecified atom stereocenters. The summed E-state index contributed by atoms with van der Waals surface area (Å²) in [6.45, 7) is 4.98. The maximum Gasteiger partial charge on any atom is 0.408 e. The molecule has 0 radical (unpaired) electrons. The van der Waals surface area contributed by atoms with E-state index in [0.29, 0.717) is 11.3 Å². The molecular formula is C21H24FN3O4. The summed E-state index contributed by atoms with van der Waals surface area (Å²) in [6.07, 6.45) is -0.696. The van der Waals surface area contributed by atoms with Gasteiger partial charge in [0, 0.05) is 12.2 Å². The second-order valence-electron chi connectivity index (χ2n) is 7.22. The molecule has 0 aliphatic heterocycles. The highest BCUT2D eigenvalue weighted by molar-refractivity contribution is 5.95. The maximum atomic E-state index is 13.7. The quantitative estimate of drug-likeness (QED) is 0.692. The smallest absolute Gasteiger partial charge is 0.408 e. The van der Waals surface area contributed by atoms with Crippen LogP contribution in [0.5, 0.6) is 0 Å². The van der Waals surface area contributed by atoms with Gasteiger partial charge in [-0.2, -0.15) is 0 Å². The van der Waals surface area contributed by atoms with Crippen LogP contribution >= 0.6 is 0 Å². The van der Waals surface area contributed by atoms with Crippen LogP contribution in [0, 0.1) is 5.82 Å². The van der Waals surface area contributed by atoms with E-state index in [4.69, 9.17) is 4.74 Å². The maximum absolute atomic E-state index is 13.7. The zero-order valence-electron chi connectivity index (χ0n) is 16.5. The van der Waals surface area contributed by atoms with Gasteiger partial charge >= 0.3 is 6.09 Å². The highest BCUT2D eigenvalue weighted by atomic mass is 19.1. The van der Waals surface area contributed by atoms with E-state index in [1.54, 1.807) is 51.1 Å². The normalized spacial score (nSPS) is 10.8. The van der Waals surface area contributed by atoms with Gasteiger partial charge in [0.2, 0.25) is 5.91 Å². The number of amides is 3. The van der Waals surface area contributed by atoms with E-state index in [2.05, 4.69) is 16.0 Å². The molecule has 8 heteroatoms. The fourth-order valence-corrected chi connectivity index (χ4v) is 2.37. The second kappa shape index (κ2) is 9.68. The van der Waals surface area contributed by atoms with Crippen molar-refractivity contribution >= 4 is 23.6 Å². The number of rotatable bonds is 6. The molecule has 2 aromatic carbocycles. The Hall–Kier alpha value is -3.42. The van der Waals surface area contributed by atoms with Crippen LogP contribution in [0.1, 0.15) is 36.7 Å². The lowest BCUT2D eigenvalue weighted by molar-refractivity contribution is -0.115. The van der Waals surface area contributed by atoms with E-state index in [-0.39, 0.29) is 18.7 Å². The van der Waals surface area contributed by atoms with Crippen LogP contribution in [0.15, 0.2) is 48.5 Å². The van der Waals surface area contributed by atoms with Gasteiger partial charge in [0.25, 0.3) is 5.91 Å². The average molecular weight is 401 g/mol. The van der Waals surface area contributed by atoms with Crippen LogP contribution in [0.2, 0.25) is 0 Å². The molecule has 2 rings (SSSR count). The van der Waals surface area contributed by atoms with Gasteiger partial charge in [-0.1, -0.05) is 30.3 Å². The van der Waals surface area contributed by atoms with E-state index < -0.39 is 29.3 Å². The molecule has 0 bridgehead atoms. The van der Waals surface area contributed by atoms with Gasteiger partial charge in [-0.25, -0.2) is 9.18 Å². The summed E-state index contributed by atoms with van der Waals surface area (Å²) in [4.78, 5) is 35.9. The van der Waals surface area contributed by atoms with Crippen molar-refractivity contribution in [3.8, 4) is 0 Å². The summed E-state index contributed by atoms with van der Waals surface area (Å²) >= 11 is 0. The summed E-state index contributed by atoms with van der Waals surface area (Å²) < 4.78 is 18.8. The summed E-state index contributed by atoms with van der Waals surface area (Å²) in [6, 6.07) is 12.5. The minimum Gasteiger partial charge on any atom is -0.444 e. The number of anilines is 1. The van der Waals surface area contributed by atoms with Gasteiger partial charge in [-0.15, -0.1) is 0 Å². The molecule has 3 N–H and O–H groups in total. The third-order valence-corrected chi connectivity index (χ3v) is 3.64. The number of hydrogen-bond acceptors (Lipinski definition) is 4. The Morgan fingerprint density at radius 1 is 0.966 bits per heavy atom. The Morgan fingerprint density at radius 3 is 2.31 bits per heavy atom. The lowest BCUT2D eigenvalue weighted by Gasteiger charge is -2.19. The molecule has 7 nitrogen and oxygen atoms in total. The minimum atomic E-state index is -0.696. The van der Waals surface area contributed by atoms with Gasteiger partial charge in [-0.3, -0.25) is 9.59 Å². The lowest BCUT2D eigenvalue weighted by Crippen LogP contribution is -2.37. The van der Waals surface area contributed by atoms with Crippen LogP contribution in [0.25, 0.3) is 0 Å². The molecule has 0 aromatic heterocycles. The summed E-state index contributed by atoms with van der Waals surface area (Å²) in [5.41, 5.74) is 0.375. The molecule has 0 fully saturated rings. The highest BCUT2D eigenvalue weighted by Gasteiger charge is 2.17. The van der Waals surface area contributed by atoms with E-state index in [9.17, 15) is 18.8 Å². The Bertz CT molecular complexity index is 893. The third kappa shape index (κ3) is 7.25. The number of hydrogen-bond donors (Lipinski definition) is 3. The minimum absolute atomic E-state index is 0.0597. The van der Waals surface area contributed by atoms with Crippen LogP contribution in [0.3, 0.4) is 0 Å². The first-order valence-corrected chi connectivity index (χ1v) is 9.03. The summed E-state index contributed by atoms with van der Waals surface area (Å²) in [5, 5.41) is 7.67. The first-order valence-electron chi connectivity index (χ1n) is 9.03. The zero-order chi connectivity index (χ0) is 21.4.